The molecule has 5 rings (SSSR count). The number of benzene rings is 2. The van der Waals surface area contributed by atoms with Crippen LogP contribution in [0.15, 0.2) is 75.3 Å². The average Bonchev–Trinajstić information content (AvgIpc) is 3.60. The van der Waals surface area contributed by atoms with Gasteiger partial charge in [-0.25, -0.2) is 9.79 Å². The number of thiophene rings is 1. The number of carbonyl (C=O) groups excluding carboxylic acids is 1. The van der Waals surface area contributed by atoms with Crippen molar-refractivity contribution < 1.29 is 23.7 Å². The summed E-state index contributed by atoms with van der Waals surface area (Å²) < 4.78 is 23.9. The maximum Gasteiger partial charge on any atom is 0.338 e. The summed E-state index contributed by atoms with van der Waals surface area (Å²) in [5.41, 5.74) is 2.02. The van der Waals surface area contributed by atoms with Crippen LogP contribution in [0, 0.1) is 0 Å². The van der Waals surface area contributed by atoms with Gasteiger partial charge in [0.25, 0.3) is 5.56 Å². The molecule has 1 atom stereocenters. The molecule has 200 valence electrons. The number of ether oxygens (including phenoxy) is 4. The first-order valence-electron chi connectivity index (χ1n) is 12.1. The fourth-order valence-electron chi connectivity index (χ4n) is 4.49. The van der Waals surface area contributed by atoms with Gasteiger partial charge in [-0.05, 0) is 42.1 Å². The van der Waals surface area contributed by atoms with E-state index in [1.807, 2.05) is 47.8 Å². The van der Waals surface area contributed by atoms with E-state index < -0.39 is 12.0 Å². The van der Waals surface area contributed by atoms with Gasteiger partial charge in [-0.1, -0.05) is 47.7 Å². The fourth-order valence-corrected chi connectivity index (χ4v) is 6.32. The van der Waals surface area contributed by atoms with Crippen molar-refractivity contribution in [1.29, 1.82) is 0 Å². The third-order valence-electron chi connectivity index (χ3n) is 6.17. The predicted molar refractivity (Wildman–Crippen MR) is 151 cm³/mol. The molecular formula is C29H26N2O6S2. The van der Waals surface area contributed by atoms with Gasteiger partial charge < -0.3 is 18.9 Å². The molecule has 8 nitrogen and oxygen atoms in total. The molecule has 2 aromatic carbocycles. The maximum absolute atomic E-state index is 13.9. The van der Waals surface area contributed by atoms with Crippen molar-refractivity contribution in [3.63, 3.8) is 0 Å². The maximum atomic E-state index is 13.9. The van der Waals surface area contributed by atoms with Gasteiger partial charge >= 0.3 is 5.97 Å². The highest BCUT2D eigenvalue weighted by Gasteiger charge is 2.35. The smallest absolute Gasteiger partial charge is 0.338 e. The zero-order chi connectivity index (χ0) is 27.5. The van der Waals surface area contributed by atoms with Crippen LogP contribution < -0.4 is 29.1 Å². The number of esters is 1. The summed E-state index contributed by atoms with van der Waals surface area (Å²) in [6.07, 6.45) is 1.76. The lowest BCUT2D eigenvalue weighted by atomic mass is 9.97. The van der Waals surface area contributed by atoms with Crippen LogP contribution in [0.4, 0.5) is 0 Å². The van der Waals surface area contributed by atoms with Crippen molar-refractivity contribution in [2.45, 2.75) is 13.0 Å². The molecule has 0 saturated carbocycles. The van der Waals surface area contributed by atoms with Crippen molar-refractivity contribution in [3.8, 4) is 17.2 Å². The van der Waals surface area contributed by atoms with E-state index in [1.165, 1.54) is 44.0 Å². The number of carbonyl (C=O) groups is 1. The van der Waals surface area contributed by atoms with Crippen molar-refractivity contribution in [1.82, 2.24) is 4.57 Å². The molecule has 0 amide bonds. The van der Waals surface area contributed by atoms with Crippen molar-refractivity contribution in [3.05, 3.63) is 101 Å². The molecular weight excluding hydrogens is 536 g/mol. The molecule has 1 unspecified atom stereocenters. The van der Waals surface area contributed by atoms with Crippen LogP contribution in [0.5, 0.6) is 17.2 Å². The minimum atomic E-state index is -0.683. The lowest BCUT2D eigenvalue weighted by molar-refractivity contribution is -0.138. The van der Waals surface area contributed by atoms with Crippen LogP contribution in [0.3, 0.4) is 0 Å². The number of methoxy groups -OCH3 is 3. The quantitative estimate of drug-likeness (QED) is 0.302. The zero-order valence-corrected chi connectivity index (χ0v) is 23.4. The highest BCUT2D eigenvalue weighted by Crippen LogP contribution is 2.39. The zero-order valence-electron chi connectivity index (χ0n) is 21.8. The second kappa shape index (κ2) is 11.3. The van der Waals surface area contributed by atoms with E-state index >= 15 is 0 Å². The van der Waals surface area contributed by atoms with Gasteiger partial charge in [0.05, 0.1) is 43.7 Å². The molecule has 1 aliphatic rings. The molecule has 1 aliphatic heterocycles. The largest absolute Gasteiger partial charge is 0.493 e. The van der Waals surface area contributed by atoms with Crippen molar-refractivity contribution in [2.24, 2.45) is 4.99 Å². The number of thiazole rings is 1. The Morgan fingerprint density at radius 1 is 1.03 bits per heavy atom. The number of hydrogen-bond acceptors (Lipinski definition) is 9. The van der Waals surface area contributed by atoms with E-state index in [1.54, 1.807) is 29.7 Å². The Kier molecular flexibility index (Phi) is 7.67. The summed E-state index contributed by atoms with van der Waals surface area (Å²) in [5.74, 6) is 0.909. The molecule has 2 aromatic heterocycles. The second-order valence-corrected chi connectivity index (χ2v) is 10.4. The Labute approximate surface area is 232 Å². The Morgan fingerprint density at radius 2 is 1.74 bits per heavy atom. The van der Waals surface area contributed by atoms with E-state index in [-0.39, 0.29) is 12.2 Å². The Bertz CT molecular complexity index is 1690. The van der Waals surface area contributed by atoms with Crippen LogP contribution in [0.2, 0.25) is 0 Å². The molecule has 10 heteroatoms. The normalized spacial score (nSPS) is 15.0. The molecule has 4 aromatic rings. The van der Waals surface area contributed by atoms with E-state index in [0.29, 0.717) is 43.4 Å². The lowest BCUT2D eigenvalue weighted by Gasteiger charge is -2.24. The summed E-state index contributed by atoms with van der Waals surface area (Å²) in [6, 6.07) is 16.2. The van der Waals surface area contributed by atoms with E-state index in [0.717, 1.165) is 10.4 Å². The molecule has 0 N–H and O–H groups in total. The average molecular weight is 563 g/mol. The number of aromatic nitrogens is 1. The van der Waals surface area contributed by atoms with Crippen molar-refractivity contribution >= 4 is 40.4 Å². The fraction of sp³-hybridized carbons (Fsp3) is 0.207. The summed E-state index contributed by atoms with van der Waals surface area (Å²) in [6.45, 7) is 1.96. The van der Waals surface area contributed by atoms with E-state index in [4.69, 9.17) is 23.9 Å². The van der Waals surface area contributed by atoms with Gasteiger partial charge in [0.15, 0.2) is 16.3 Å². The van der Waals surface area contributed by atoms with Crippen LogP contribution in [0.25, 0.3) is 11.8 Å². The van der Waals surface area contributed by atoms with Crippen LogP contribution in [0.1, 0.15) is 29.0 Å². The molecule has 3 heterocycles. The topological polar surface area (TPSA) is 88.4 Å². The van der Waals surface area contributed by atoms with Gasteiger partial charge in [-0.3, -0.25) is 9.36 Å². The molecule has 0 radical (unpaired) electrons. The van der Waals surface area contributed by atoms with Gasteiger partial charge in [0.2, 0.25) is 5.75 Å². The number of hydrogen-bond donors (Lipinski definition) is 0. The minimum Gasteiger partial charge on any atom is -0.493 e. The standard InChI is InChI=1S/C29H26N2O6S2/c1-5-37-28(33)23-24(18-10-7-6-8-11-18)30-29-31(25(23)21-12-9-13-38-21)27(32)22(39-29)16-17-14-19(34-2)26(36-4)20(15-17)35-3/h6-16,25H,5H2,1-4H3. The third-order valence-corrected chi connectivity index (χ3v) is 8.08. The molecule has 39 heavy (non-hydrogen) atoms. The summed E-state index contributed by atoms with van der Waals surface area (Å²) >= 11 is 2.72. The molecule has 0 aliphatic carbocycles. The van der Waals surface area contributed by atoms with Crippen LogP contribution in [-0.2, 0) is 9.53 Å². The first kappa shape index (κ1) is 26.5. The predicted octanol–water partition coefficient (Wildman–Crippen LogP) is 4.02. The SMILES string of the molecule is CCOC(=O)C1=C(c2ccccc2)N=c2sc(=Cc3cc(OC)c(OC)c(OC)c3)c(=O)n2C1c1cccs1. The van der Waals surface area contributed by atoms with E-state index in [2.05, 4.69) is 0 Å². The molecule has 0 spiro atoms. The van der Waals surface area contributed by atoms with Gasteiger partial charge in [0.1, 0.15) is 6.04 Å². The highest BCUT2D eigenvalue weighted by molar-refractivity contribution is 7.10. The molecule has 0 saturated heterocycles. The summed E-state index contributed by atoms with van der Waals surface area (Å²) in [5, 5.41) is 1.92. The third kappa shape index (κ3) is 4.88. The van der Waals surface area contributed by atoms with Gasteiger partial charge in [0, 0.05) is 10.4 Å². The second-order valence-electron chi connectivity index (χ2n) is 8.41. The van der Waals surface area contributed by atoms with E-state index in [9.17, 15) is 9.59 Å². The van der Waals surface area contributed by atoms with Gasteiger partial charge in [-0.2, -0.15) is 0 Å². The highest BCUT2D eigenvalue weighted by atomic mass is 32.1. The van der Waals surface area contributed by atoms with Crippen molar-refractivity contribution in [2.75, 3.05) is 27.9 Å². The monoisotopic (exact) mass is 562 g/mol. The van der Waals surface area contributed by atoms with Crippen LogP contribution in [-0.4, -0.2) is 38.5 Å². The molecule has 0 bridgehead atoms. The summed E-state index contributed by atoms with van der Waals surface area (Å²) in [4.78, 5) is 33.5. The first-order chi connectivity index (χ1) is 19.0. The summed E-state index contributed by atoms with van der Waals surface area (Å²) in [7, 11) is 4.62. The number of fused-ring (bicyclic) bond motifs is 1. The van der Waals surface area contributed by atoms with Crippen LogP contribution >= 0.6 is 22.7 Å². The Hall–Kier alpha value is -4.15. The minimum absolute atomic E-state index is 0.202. The Balaban J connectivity index is 1.78. The van der Waals surface area contributed by atoms with Gasteiger partial charge in [-0.15, -0.1) is 11.3 Å². The molecule has 0 fully saturated rings. The first-order valence-corrected chi connectivity index (χ1v) is 13.8. The lowest BCUT2D eigenvalue weighted by Crippen LogP contribution is -2.39. The Morgan fingerprint density at radius 3 is 2.33 bits per heavy atom. The number of rotatable bonds is 8. The number of nitrogens with zero attached hydrogens (tertiary/aromatic N) is 2.